The first-order valence-corrected chi connectivity index (χ1v) is 8.98. The normalized spacial score (nSPS) is 11.8. The van der Waals surface area contributed by atoms with Gasteiger partial charge in [0.25, 0.3) is 0 Å². The number of thiophene rings is 1. The van der Waals surface area contributed by atoms with Crippen molar-refractivity contribution < 1.29 is 12.8 Å². The van der Waals surface area contributed by atoms with Crippen LogP contribution in [-0.4, -0.2) is 15.0 Å². The molecule has 0 spiro atoms. The lowest BCUT2D eigenvalue weighted by Gasteiger charge is -2.06. The molecule has 108 valence electrons. The van der Waals surface area contributed by atoms with Crippen LogP contribution < -0.4 is 4.72 Å². The SMILES string of the molecule is Cc1sc(Br)cc1S(=O)(=O)NCCc1ccc(F)cc1. The quantitative estimate of drug-likeness (QED) is 0.866. The zero-order valence-corrected chi connectivity index (χ0v) is 13.9. The third-order valence-electron chi connectivity index (χ3n) is 2.75. The van der Waals surface area contributed by atoms with Crippen LogP contribution >= 0.6 is 27.3 Å². The molecule has 0 aliphatic rings. The average Bonchev–Trinajstić information content (AvgIpc) is 2.72. The van der Waals surface area contributed by atoms with E-state index in [1.165, 1.54) is 23.5 Å². The monoisotopic (exact) mass is 377 g/mol. The number of benzene rings is 1. The maximum atomic E-state index is 12.8. The van der Waals surface area contributed by atoms with Crippen LogP contribution in [0.5, 0.6) is 0 Å². The van der Waals surface area contributed by atoms with Gasteiger partial charge in [0.15, 0.2) is 0 Å². The molecule has 0 aliphatic heterocycles. The van der Waals surface area contributed by atoms with E-state index in [0.717, 1.165) is 14.2 Å². The summed E-state index contributed by atoms with van der Waals surface area (Å²) in [7, 11) is -3.49. The van der Waals surface area contributed by atoms with Gasteiger partial charge in [-0.1, -0.05) is 12.1 Å². The van der Waals surface area contributed by atoms with Crippen molar-refractivity contribution in [2.24, 2.45) is 0 Å². The van der Waals surface area contributed by atoms with Gasteiger partial charge in [-0.15, -0.1) is 11.3 Å². The molecular weight excluding hydrogens is 365 g/mol. The third kappa shape index (κ3) is 3.88. The van der Waals surface area contributed by atoms with Gasteiger partial charge in [-0.05, 0) is 53.0 Å². The van der Waals surface area contributed by atoms with Crippen LogP contribution in [0.2, 0.25) is 0 Å². The highest BCUT2D eigenvalue weighted by Crippen LogP contribution is 2.29. The van der Waals surface area contributed by atoms with Crippen molar-refractivity contribution in [3.63, 3.8) is 0 Å². The summed E-state index contributed by atoms with van der Waals surface area (Å²) in [6, 6.07) is 7.63. The van der Waals surface area contributed by atoms with E-state index in [-0.39, 0.29) is 12.4 Å². The van der Waals surface area contributed by atoms with Gasteiger partial charge in [-0.3, -0.25) is 0 Å². The molecule has 0 radical (unpaired) electrons. The molecule has 0 atom stereocenters. The average molecular weight is 378 g/mol. The van der Waals surface area contributed by atoms with Crippen LogP contribution in [0, 0.1) is 12.7 Å². The fourth-order valence-electron chi connectivity index (χ4n) is 1.76. The Morgan fingerprint density at radius 2 is 1.95 bits per heavy atom. The summed E-state index contributed by atoms with van der Waals surface area (Å²) in [6.45, 7) is 2.05. The van der Waals surface area contributed by atoms with Gasteiger partial charge in [-0.25, -0.2) is 17.5 Å². The van der Waals surface area contributed by atoms with E-state index in [9.17, 15) is 12.8 Å². The van der Waals surface area contributed by atoms with Crippen molar-refractivity contribution >= 4 is 37.3 Å². The van der Waals surface area contributed by atoms with Crippen molar-refractivity contribution in [2.75, 3.05) is 6.54 Å². The number of halogens is 2. The van der Waals surface area contributed by atoms with Crippen molar-refractivity contribution in [1.29, 1.82) is 0 Å². The summed E-state index contributed by atoms with van der Waals surface area (Å²) in [5.74, 6) is -0.298. The summed E-state index contributed by atoms with van der Waals surface area (Å²) >= 11 is 4.66. The number of sulfonamides is 1. The highest BCUT2D eigenvalue weighted by molar-refractivity contribution is 9.11. The van der Waals surface area contributed by atoms with Gasteiger partial charge in [0, 0.05) is 11.4 Å². The first-order chi connectivity index (χ1) is 9.38. The van der Waals surface area contributed by atoms with Gasteiger partial charge >= 0.3 is 0 Å². The fourth-order valence-corrected chi connectivity index (χ4v) is 5.20. The van der Waals surface area contributed by atoms with Crippen LogP contribution in [0.1, 0.15) is 10.4 Å². The van der Waals surface area contributed by atoms with Crippen LogP contribution in [0.15, 0.2) is 39.0 Å². The van der Waals surface area contributed by atoms with Crippen molar-refractivity contribution in [2.45, 2.75) is 18.2 Å². The molecule has 0 saturated heterocycles. The molecule has 1 heterocycles. The Morgan fingerprint density at radius 3 is 2.50 bits per heavy atom. The molecular formula is C13H13BrFNO2S2. The molecule has 0 aliphatic carbocycles. The van der Waals surface area contributed by atoms with E-state index in [1.54, 1.807) is 25.1 Å². The van der Waals surface area contributed by atoms with Crippen LogP contribution in [0.3, 0.4) is 0 Å². The molecule has 20 heavy (non-hydrogen) atoms. The summed E-state index contributed by atoms with van der Waals surface area (Å²) in [4.78, 5) is 1.04. The fraction of sp³-hybridized carbons (Fsp3) is 0.231. The van der Waals surface area contributed by atoms with Crippen LogP contribution in [0.25, 0.3) is 0 Å². The number of rotatable bonds is 5. The summed E-state index contributed by atoms with van der Waals surface area (Å²) in [5.41, 5.74) is 0.886. The minimum atomic E-state index is -3.49. The Morgan fingerprint density at radius 1 is 1.30 bits per heavy atom. The van der Waals surface area contributed by atoms with E-state index in [0.29, 0.717) is 11.3 Å². The molecule has 1 N–H and O–H groups in total. The lowest BCUT2D eigenvalue weighted by Crippen LogP contribution is -2.26. The smallest absolute Gasteiger partial charge is 0.211 e. The molecule has 2 rings (SSSR count). The van der Waals surface area contributed by atoms with Crippen molar-refractivity contribution in [3.8, 4) is 0 Å². The third-order valence-corrected chi connectivity index (χ3v) is 6.02. The highest BCUT2D eigenvalue weighted by Gasteiger charge is 2.18. The zero-order chi connectivity index (χ0) is 14.8. The van der Waals surface area contributed by atoms with E-state index >= 15 is 0 Å². The highest BCUT2D eigenvalue weighted by atomic mass is 79.9. The molecule has 0 bridgehead atoms. The Kier molecular flexibility index (Phi) is 4.95. The van der Waals surface area contributed by atoms with Crippen LogP contribution in [-0.2, 0) is 16.4 Å². The van der Waals surface area contributed by atoms with Gasteiger partial charge in [0.05, 0.1) is 8.68 Å². The minimum absolute atomic E-state index is 0.279. The Balaban J connectivity index is 1.99. The Hall–Kier alpha value is -0.760. The minimum Gasteiger partial charge on any atom is -0.211 e. The first-order valence-electron chi connectivity index (χ1n) is 5.88. The van der Waals surface area contributed by atoms with E-state index in [2.05, 4.69) is 20.7 Å². The summed E-state index contributed by atoms with van der Waals surface area (Å²) in [6.07, 6.45) is 0.518. The molecule has 0 fully saturated rings. The summed E-state index contributed by atoms with van der Waals surface area (Å²) < 4.78 is 40.3. The summed E-state index contributed by atoms with van der Waals surface area (Å²) in [5, 5.41) is 0. The maximum Gasteiger partial charge on any atom is 0.241 e. The molecule has 0 amide bonds. The van der Waals surface area contributed by atoms with Crippen molar-refractivity contribution in [1.82, 2.24) is 4.72 Å². The number of hydrogen-bond acceptors (Lipinski definition) is 3. The maximum absolute atomic E-state index is 12.8. The lowest BCUT2D eigenvalue weighted by molar-refractivity contribution is 0.581. The molecule has 0 unspecified atom stereocenters. The second-order valence-electron chi connectivity index (χ2n) is 4.25. The molecule has 1 aromatic heterocycles. The Labute approximate surface area is 130 Å². The van der Waals surface area contributed by atoms with Gasteiger partial charge in [0.1, 0.15) is 5.82 Å². The molecule has 2 aromatic rings. The van der Waals surface area contributed by atoms with Crippen LogP contribution in [0.4, 0.5) is 4.39 Å². The van der Waals surface area contributed by atoms with E-state index in [4.69, 9.17) is 0 Å². The van der Waals surface area contributed by atoms with E-state index in [1.807, 2.05) is 0 Å². The van der Waals surface area contributed by atoms with Gasteiger partial charge in [0.2, 0.25) is 10.0 Å². The van der Waals surface area contributed by atoms with E-state index < -0.39 is 10.0 Å². The topological polar surface area (TPSA) is 46.2 Å². The van der Waals surface area contributed by atoms with Crippen molar-refractivity contribution in [3.05, 3.63) is 50.4 Å². The predicted octanol–water partition coefficient (Wildman–Crippen LogP) is 3.48. The second-order valence-corrected chi connectivity index (χ2v) is 8.62. The Bertz CT molecular complexity index is 696. The zero-order valence-electron chi connectivity index (χ0n) is 10.7. The molecule has 0 saturated carbocycles. The predicted molar refractivity (Wildman–Crippen MR) is 82.0 cm³/mol. The number of hydrogen-bond donors (Lipinski definition) is 1. The van der Waals surface area contributed by atoms with Gasteiger partial charge < -0.3 is 0 Å². The largest absolute Gasteiger partial charge is 0.241 e. The first kappa shape index (κ1) is 15.6. The second kappa shape index (κ2) is 6.34. The molecule has 3 nitrogen and oxygen atoms in total. The molecule has 7 heteroatoms. The molecule has 1 aromatic carbocycles. The van der Waals surface area contributed by atoms with Gasteiger partial charge in [-0.2, -0.15) is 0 Å². The number of nitrogens with one attached hydrogen (secondary N) is 1. The lowest BCUT2D eigenvalue weighted by atomic mass is 10.1. The number of aryl methyl sites for hydroxylation is 1. The standard InChI is InChI=1S/C13H13BrFNO2S2/c1-9-12(8-13(14)19-9)20(17,18)16-7-6-10-2-4-11(15)5-3-10/h2-5,8,16H,6-7H2,1H3.